The zero-order chi connectivity index (χ0) is 20.5. The Labute approximate surface area is 171 Å². The molecule has 0 bridgehead atoms. The number of nitrogens with zero attached hydrogens (tertiary/aromatic N) is 1. The molecule has 0 saturated heterocycles. The maximum atomic E-state index is 13.0. The lowest BCUT2D eigenvalue weighted by atomic mass is 9.91. The molecule has 0 fully saturated rings. The number of carbonyl (C=O) groups excluding carboxylic acids is 1. The van der Waals surface area contributed by atoms with E-state index in [1.54, 1.807) is 17.2 Å². The summed E-state index contributed by atoms with van der Waals surface area (Å²) in [5.41, 5.74) is 4.82. The van der Waals surface area contributed by atoms with Crippen molar-refractivity contribution in [3.8, 4) is 0 Å². The molecule has 0 spiro atoms. The van der Waals surface area contributed by atoms with E-state index in [1.165, 1.54) is 5.56 Å². The van der Waals surface area contributed by atoms with Gasteiger partial charge in [-0.05, 0) is 41.7 Å². The largest absolute Gasteiger partial charge is 0.503 e. The second kappa shape index (κ2) is 7.63. The van der Waals surface area contributed by atoms with Gasteiger partial charge in [0.05, 0.1) is 18.8 Å². The van der Waals surface area contributed by atoms with Crippen molar-refractivity contribution in [3.63, 3.8) is 0 Å². The van der Waals surface area contributed by atoms with Crippen LogP contribution in [0, 0.1) is 6.92 Å². The molecule has 2 aromatic carbocycles. The highest BCUT2D eigenvalue weighted by atomic mass is 16.3. The fraction of sp³-hybridized carbons (Fsp3) is 0.240. The first-order chi connectivity index (χ1) is 14.0. The van der Waals surface area contributed by atoms with E-state index in [0.29, 0.717) is 23.8 Å². The minimum atomic E-state index is -0.380. The van der Waals surface area contributed by atoms with Gasteiger partial charge in [0.25, 0.3) is 5.91 Å². The van der Waals surface area contributed by atoms with Crippen LogP contribution in [-0.4, -0.2) is 15.9 Å². The molecule has 3 aromatic rings. The number of aliphatic hydroxyl groups excluding tert-OH is 1. The molecular weight excluding hydrogens is 362 g/mol. The van der Waals surface area contributed by atoms with E-state index >= 15 is 0 Å². The zero-order valence-electron chi connectivity index (χ0n) is 16.9. The highest BCUT2D eigenvalue weighted by Gasteiger charge is 2.41. The van der Waals surface area contributed by atoms with Crippen molar-refractivity contribution in [2.45, 2.75) is 39.3 Å². The number of furan rings is 1. The second-order valence-electron chi connectivity index (χ2n) is 7.86. The zero-order valence-corrected chi connectivity index (χ0v) is 16.9. The molecule has 1 N–H and O–H groups in total. The van der Waals surface area contributed by atoms with Crippen LogP contribution in [0.1, 0.15) is 53.8 Å². The molecule has 29 heavy (non-hydrogen) atoms. The maximum absolute atomic E-state index is 13.0. The molecule has 0 radical (unpaired) electrons. The van der Waals surface area contributed by atoms with Crippen LogP contribution in [0.4, 0.5) is 0 Å². The first-order valence-electron chi connectivity index (χ1n) is 9.89. The predicted molar refractivity (Wildman–Crippen MR) is 113 cm³/mol. The Hall–Kier alpha value is -3.27. The quantitative estimate of drug-likeness (QED) is 0.605. The number of amides is 1. The molecule has 1 aliphatic heterocycles. The van der Waals surface area contributed by atoms with Gasteiger partial charge >= 0.3 is 0 Å². The smallest absolute Gasteiger partial charge is 0.290 e. The second-order valence-corrected chi connectivity index (χ2v) is 7.86. The van der Waals surface area contributed by atoms with E-state index in [0.717, 1.165) is 16.7 Å². The summed E-state index contributed by atoms with van der Waals surface area (Å²) in [6.07, 6.45) is 1.59. The Kier molecular flexibility index (Phi) is 5.01. The van der Waals surface area contributed by atoms with Crippen molar-refractivity contribution >= 4 is 11.5 Å². The Bertz CT molecular complexity index is 1030. The van der Waals surface area contributed by atoms with Crippen molar-refractivity contribution in [2.24, 2.45) is 0 Å². The Morgan fingerprint density at radius 2 is 1.72 bits per heavy atom. The third-order valence-electron chi connectivity index (χ3n) is 5.49. The third kappa shape index (κ3) is 3.58. The molecule has 1 aromatic heterocycles. The molecule has 1 amide bonds. The van der Waals surface area contributed by atoms with E-state index in [9.17, 15) is 9.90 Å². The van der Waals surface area contributed by atoms with Crippen LogP contribution in [-0.2, 0) is 11.3 Å². The van der Waals surface area contributed by atoms with Crippen LogP contribution in [0.5, 0.6) is 0 Å². The van der Waals surface area contributed by atoms with Gasteiger partial charge in [0.15, 0.2) is 5.76 Å². The van der Waals surface area contributed by atoms with Crippen molar-refractivity contribution in [2.75, 3.05) is 0 Å². The Morgan fingerprint density at radius 3 is 2.31 bits per heavy atom. The average Bonchev–Trinajstić information content (AvgIpc) is 3.31. The van der Waals surface area contributed by atoms with Gasteiger partial charge in [-0.15, -0.1) is 0 Å². The first kappa shape index (κ1) is 19.1. The molecule has 0 aliphatic carbocycles. The molecule has 0 saturated carbocycles. The molecule has 0 unspecified atom stereocenters. The third-order valence-corrected chi connectivity index (χ3v) is 5.49. The van der Waals surface area contributed by atoms with Gasteiger partial charge in [0, 0.05) is 5.57 Å². The number of carbonyl (C=O) groups is 1. The van der Waals surface area contributed by atoms with Gasteiger partial charge in [-0.3, -0.25) is 4.79 Å². The fourth-order valence-electron chi connectivity index (χ4n) is 3.82. The monoisotopic (exact) mass is 387 g/mol. The molecule has 4 heteroatoms. The fourth-order valence-corrected chi connectivity index (χ4v) is 3.82. The summed E-state index contributed by atoms with van der Waals surface area (Å²) in [6.45, 7) is 6.62. The number of aryl methyl sites for hydroxylation is 1. The Balaban J connectivity index is 1.80. The number of hydrogen-bond acceptors (Lipinski definition) is 3. The van der Waals surface area contributed by atoms with Crippen molar-refractivity contribution in [3.05, 3.63) is 101 Å². The lowest BCUT2D eigenvalue weighted by Crippen LogP contribution is -2.29. The SMILES string of the molecule is Cc1ccc(C2=C(O)C(=O)N(Cc3ccco3)[C@H]2c2ccc(C(C)C)cc2)cc1. The van der Waals surface area contributed by atoms with Crippen LogP contribution in [0.2, 0.25) is 0 Å². The molecule has 148 valence electrons. The number of rotatable bonds is 5. The van der Waals surface area contributed by atoms with Gasteiger partial charge in [0.1, 0.15) is 5.76 Å². The highest BCUT2D eigenvalue weighted by molar-refractivity contribution is 6.05. The topological polar surface area (TPSA) is 53.7 Å². The van der Waals surface area contributed by atoms with Gasteiger partial charge < -0.3 is 14.4 Å². The summed E-state index contributed by atoms with van der Waals surface area (Å²) in [6, 6.07) is 19.5. The minimum absolute atomic E-state index is 0.196. The normalized spacial score (nSPS) is 16.9. The number of aliphatic hydroxyl groups is 1. The lowest BCUT2D eigenvalue weighted by Gasteiger charge is -2.27. The van der Waals surface area contributed by atoms with Gasteiger partial charge in [-0.25, -0.2) is 0 Å². The molecule has 1 aliphatic rings. The van der Waals surface area contributed by atoms with E-state index in [4.69, 9.17) is 4.42 Å². The molecule has 1 atom stereocenters. The molecule has 2 heterocycles. The average molecular weight is 387 g/mol. The highest BCUT2D eigenvalue weighted by Crippen LogP contribution is 2.44. The van der Waals surface area contributed by atoms with Crippen LogP contribution in [0.15, 0.2) is 77.1 Å². The van der Waals surface area contributed by atoms with E-state index in [2.05, 4.69) is 38.1 Å². The van der Waals surface area contributed by atoms with E-state index in [1.807, 2.05) is 37.3 Å². The van der Waals surface area contributed by atoms with Gasteiger partial charge in [-0.2, -0.15) is 0 Å². The Morgan fingerprint density at radius 1 is 1.03 bits per heavy atom. The van der Waals surface area contributed by atoms with Crippen molar-refractivity contribution in [1.82, 2.24) is 4.90 Å². The summed E-state index contributed by atoms with van der Waals surface area (Å²) >= 11 is 0. The van der Waals surface area contributed by atoms with Crippen LogP contribution >= 0.6 is 0 Å². The summed E-state index contributed by atoms with van der Waals surface area (Å²) in [5.74, 6) is 0.530. The molecule has 4 nitrogen and oxygen atoms in total. The summed E-state index contributed by atoms with van der Waals surface area (Å²) in [7, 11) is 0. The number of hydrogen-bond donors (Lipinski definition) is 1. The minimum Gasteiger partial charge on any atom is -0.503 e. The van der Waals surface area contributed by atoms with E-state index in [-0.39, 0.29) is 17.7 Å². The van der Waals surface area contributed by atoms with Gasteiger partial charge in [0.2, 0.25) is 0 Å². The summed E-state index contributed by atoms with van der Waals surface area (Å²) < 4.78 is 5.48. The van der Waals surface area contributed by atoms with Crippen molar-refractivity contribution < 1.29 is 14.3 Å². The standard InChI is InChI=1S/C25H25NO3/c1-16(2)18-10-12-20(13-11-18)23-22(19-8-6-17(3)7-9-19)24(27)25(28)26(23)15-21-5-4-14-29-21/h4-14,16,23,27H,15H2,1-3H3/t23-/m0/s1. The van der Waals surface area contributed by atoms with Crippen molar-refractivity contribution in [1.29, 1.82) is 0 Å². The van der Waals surface area contributed by atoms with Crippen LogP contribution < -0.4 is 0 Å². The van der Waals surface area contributed by atoms with Crippen LogP contribution in [0.3, 0.4) is 0 Å². The molecule has 4 rings (SSSR count). The maximum Gasteiger partial charge on any atom is 0.290 e. The van der Waals surface area contributed by atoms with E-state index < -0.39 is 0 Å². The van der Waals surface area contributed by atoms with Gasteiger partial charge in [-0.1, -0.05) is 67.9 Å². The molecular formula is C25H25NO3. The summed E-state index contributed by atoms with van der Waals surface area (Å²) in [5, 5.41) is 10.8. The first-order valence-corrected chi connectivity index (χ1v) is 9.89. The summed E-state index contributed by atoms with van der Waals surface area (Å²) in [4.78, 5) is 14.7. The lowest BCUT2D eigenvalue weighted by molar-refractivity contribution is -0.130. The predicted octanol–water partition coefficient (Wildman–Crippen LogP) is 5.76. The van der Waals surface area contributed by atoms with Crippen LogP contribution in [0.25, 0.3) is 5.57 Å². The number of benzene rings is 2.